The van der Waals surface area contributed by atoms with Crippen LogP contribution in [0.15, 0.2) is 22.4 Å². The van der Waals surface area contributed by atoms with Gasteiger partial charge in [0.25, 0.3) is 5.91 Å². The second kappa shape index (κ2) is 10.6. The SMILES string of the molecule is CC(C)S(=O)(=O)c1csc(C(=O)N2CCC(Nc3nc(N)c(-c4ccc(F)c(C=O)c4F)s3)CC2)c1Cl. The van der Waals surface area contributed by atoms with E-state index in [0.717, 1.165) is 28.7 Å². The molecule has 3 heterocycles. The zero-order valence-electron chi connectivity index (χ0n) is 19.8. The van der Waals surface area contributed by atoms with Gasteiger partial charge >= 0.3 is 0 Å². The van der Waals surface area contributed by atoms with E-state index in [9.17, 15) is 26.8 Å². The van der Waals surface area contributed by atoms with Gasteiger partial charge in [0.15, 0.2) is 21.3 Å². The van der Waals surface area contributed by atoms with Crippen LogP contribution in [0.2, 0.25) is 5.02 Å². The summed E-state index contributed by atoms with van der Waals surface area (Å²) in [7, 11) is -3.60. The molecule has 3 aromatic rings. The Morgan fingerprint density at radius 1 is 1.30 bits per heavy atom. The fourth-order valence-electron chi connectivity index (χ4n) is 3.90. The number of thiazole rings is 1. The zero-order valence-corrected chi connectivity index (χ0v) is 23.0. The van der Waals surface area contributed by atoms with Crippen LogP contribution in [0, 0.1) is 11.6 Å². The minimum Gasteiger partial charge on any atom is -0.382 e. The fourth-order valence-corrected chi connectivity index (χ4v) is 7.93. The molecule has 3 N–H and O–H groups in total. The Labute approximate surface area is 225 Å². The number of piperidine rings is 1. The van der Waals surface area contributed by atoms with Crippen molar-refractivity contribution in [2.24, 2.45) is 0 Å². The van der Waals surface area contributed by atoms with Crippen LogP contribution in [-0.4, -0.2) is 54.9 Å². The average molecular weight is 589 g/mol. The average Bonchev–Trinajstić information content (AvgIpc) is 3.41. The lowest BCUT2D eigenvalue weighted by atomic mass is 10.1. The Morgan fingerprint density at radius 2 is 1.97 bits per heavy atom. The molecule has 1 aliphatic heterocycles. The van der Waals surface area contributed by atoms with E-state index in [4.69, 9.17) is 17.3 Å². The van der Waals surface area contributed by atoms with Gasteiger partial charge in [-0.05, 0) is 38.8 Å². The molecule has 1 aliphatic rings. The number of anilines is 2. The van der Waals surface area contributed by atoms with Gasteiger partial charge in [-0.2, -0.15) is 0 Å². The minimum absolute atomic E-state index is 0.0151. The number of nitrogens with two attached hydrogens (primary N) is 1. The van der Waals surface area contributed by atoms with E-state index >= 15 is 0 Å². The number of benzene rings is 1. The molecular formula is C23H23ClF2N4O4S3. The fraction of sp³-hybridized carbons (Fsp3) is 0.348. The molecule has 37 heavy (non-hydrogen) atoms. The van der Waals surface area contributed by atoms with Gasteiger partial charge in [0.05, 0.1) is 25.6 Å². The van der Waals surface area contributed by atoms with Crippen LogP contribution < -0.4 is 11.1 Å². The van der Waals surface area contributed by atoms with Gasteiger partial charge in [0.1, 0.15) is 22.3 Å². The molecule has 0 atom stereocenters. The second-order valence-electron chi connectivity index (χ2n) is 8.72. The predicted octanol–water partition coefficient (Wildman–Crippen LogP) is 5.10. The van der Waals surface area contributed by atoms with Crippen LogP contribution in [0.4, 0.5) is 19.7 Å². The van der Waals surface area contributed by atoms with Crippen molar-refractivity contribution in [3.05, 3.63) is 44.6 Å². The molecule has 4 rings (SSSR count). The lowest BCUT2D eigenvalue weighted by Crippen LogP contribution is -2.42. The summed E-state index contributed by atoms with van der Waals surface area (Å²) in [5, 5.41) is 4.38. The number of hydrogen-bond acceptors (Lipinski definition) is 9. The van der Waals surface area contributed by atoms with E-state index in [2.05, 4.69) is 10.3 Å². The summed E-state index contributed by atoms with van der Waals surface area (Å²) >= 11 is 8.39. The topological polar surface area (TPSA) is 122 Å². The normalized spacial score (nSPS) is 14.8. The van der Waals surface area contributed by atoms with E-state index < -0.39 is 32.3 Å². The number of thiophene rings is 1. The predicted molar refractivity (Wildman–Crippen MR) is 141 cm³/mol. The van der Waals surface area contributed by atoms with E-state index in [1.807, 2.05) is 0 Å². The number of nitrogen functional groups attached to an aromatic ring is 1. The zero-order chi connectivity index (χ0) is 27.1. The molecule has 1 fully saturated rings. The summed E-state index contributed by atoms with van der Waals surface area (Å²) in [6, 6.07) is 2.16. The maximum atomic E-state index is 14.6. The molecule has 0 spiro atoms. The molecule has 0 saturated carbocycles. The van der Waals surface area contributed by atoms with Crippen molar-refractivity contribution < 1.29 is 26.8 Å². The molecule has 0 radical (unpaired) electrons. The van der Waals surface area contributed by atoms with Gasteiger partial charge in [-0.25, -0.2) is 22.2 Å². The van der Waals surface area contributed by atoms with Crippen LogP contribution in [0.25, 0.3) is 10.4 Å². The number of carbonyl (C=O) groups excluding carboxylic acids is 2. The Bertz CT molecular complexity index is 1460. The Kier molecular flexibility index (Phi) is 7.88. The Balaban J connectivity index is 1.43. The number of aromatic nitrogens is 1. The molecule has 2 aromatic heterocycles. The Morgan fingerprint density at radius 3 is 2.59 bits per heavy atom. The number of sulfone groups is 1. The van der Waals surface area contributed by atoms with Crippen LogP contribution in [0.5, 0.6) is 0 Å². The van der Waals surface area contributed by atoms with Crippen LogP contribution >= 0.6 is 34.3 Å². The van der Waals surface area contributed by atoms with Crippen LogP contribution in [0.3, 0.4) is 0 Å². The maximum absolute atomic E-state index is 14.6. The molecule has 198 valence electrons. The molecule has 8 nitrogen and oxygen atoms in total. The number of hydrogen-bond donors (Lipinski definition) is 2. The number of rotatable bonds is 7. The smallest absolute Gasteiger partial charge is 0.265 e. The first kappa shape index (κ1) is 27.4. The molecular weight excluding hydrogens is 566 g/mol. The number of aldehydes is 1. The van der Waals surface area contributed by atoms with Crippen molar-refractivity contribution in [1.29, 1.82) is 0 Å². The van der Waals surface area contributed by atoms with Crippen molar-refractivity contribution in [3.8, 4) is 10.4 Å². The number of nitrogens with zero attached hydrogens (tertiary/aromatic N) is 2. The summed E-state index contributed by atoms with van der Waals surface area (Å²) in [6.45, 7) is 3.92. The van der Waals surface area contributed by atoms with E-state index in [1.54, 1.807) is 18.7 Å². The van der Waals surface area contributed by atoms with E-state index in [1.165, 1.54) is 11.4 Å². The van der Waals surface area contributed by atoms with Crippen molar-refractivity contribution in [2.75, 3.05) is 24.1 Å². The highest BCUT2D eigenvalue weighted by atomic mass is 35.5. The van der Waals surface area contributed by atoms with Gasteiger partial charge in [-0.3, -0.25) is 9.59 Å². The molecule has 0 bridgehead atoms. The number of nitrogens with one attached hydrogen (secondary N) is 1. The monoisotopic (exact) mass is 588 g/mol. The standard InChI is InChI=1S/C23H23ClF2N4O4S3/c1-11(2)37(33,34)16-10-35-20(17(16)24)22(32)30-7-5-12(6-8-30)28-23-29-21(27)19(36-23)13-3-4-15(25)14(9-31)18(13)26/h3-4,9-12H,5-8,27H2,1-2H3,(H,28,29). The minimum atomic E-state index is -3.60. The highest BCUT2D eigenvalue weighted by molar-refractivity contribution is 7.92. The first-order valence-corrected chi connectivity index (χ1v) is 14.8. The van der Waals surface area contributed by atoms with E-state index in [-0.39, 0.29) is 49.3 Å². The third kappa shape index (κ3) is 5.22. The van der Waals surface area contributed by atoms with Gasteiger partial charge in [0.2, 0.25) is 0 Å². The third-order valence-corrected chi connectivity index (χ3v) is 11.0. The molecule has 14 heteroatoms. The molecule has 1 aromatic carbocycles. The number of carbonyl (C=O) groups is 2. The van der Waals surface area contributed by atoms with Crippen molar-refractivity contribution in [2.45, 2.75) is 42.9 Å². The first-order chi connectivity index (χ1) is 17.4. The highest BCUT2D eigenvalue weighted by Gasteiger charge is 2.31. The highest BCUT2D eigenvalue weighted by Crippen LogP contribution is 2.38. The summed E-state index contributed by atoms with van der Waals surface area (Å²) in [5.74, 6) is -2.24. The first-order valence-electron chi connectivity index (χ1n) is 11.2. The lowest BCUT2D eigenvalue weighted by molar-refractivity contribution is 0.0723. The van der Waals surface area contributed by atoms with Crippen molar-refractivity contribution in [3.63, 3.8) is 0 Å². The lowest BCUT2D eigenvalue weighted by Gasteiger charge is -2.32. The van der Waals surface area contributed by atoms with Gasteiger partial charge in [-0.1, -0.05) is 22.9 Å². The number of halogens is 3. The maximum Gasteiger partial charge on any atom is 0.265 e. The summed E-state index contributed by atoms with van der Waals surface area (Å²) in [6.07, 6.45) is 1.26. The summed E-state index contributed by atoms with van der Waals surface area (Å²) in [4.78, 5) is 30.4. The van der Waals surface area contributed by atoms with E-state index in [0.29, 0.717) is 31.1 Å². The van der Waals surface area contributed by atoms with Crippen LogP contribution in [-0.2, 0) is 9.84 Å². The largest absolute Gasteiger partial charge is 0.382 e. The quantitative estimate of drug-likeness (QED) is 0.368. The molecule has 0 aliphatic carbocycles. The summed E-state index contributed by atoms with van der Waals surface area (Å²) in [5.41, 5.74) is 5.29. The van der Waals surface area contributed by atoms with Gasteiger partial charge in [0, 0.05) is 30.1 Å². The molecule has 0 unspecified atom stereocenters. The van der Waals surface area contributed by atoms with Gasteiger partial charge < -0.3 is 16.0 Å². The molecule has 1 amide bonds. The second-order valence-corrected chi connectivity index (χ2v) is 13.5. The summed E-state index contributed by atoms with van der Waals surface area (Å²) < 4.78 is 53.3. The molecule has 1 saturated heterocycles. The number of likely N-dealkylation sites (tertiary alicyclic amines) is 1. The Hall–Kier alpha value is -2.61. The van der Waals surface area contributed by atoms with Crippen LogP contribution in [0.1, 0.15) is 46.7 Å². The van der Waals surface area contributed by atoms with Gasteiger partial charge in [-0.15, -0.1) is 11.3 Å². The van der Waals surface area contributed by atoms with Crippen molar-refractivity contribution >= 4 is 67.3 Å². The number of amides is 1. The third-order valence-electron chi connectivity index (χ3n) is 6.07. The van der Waals surface area contributed by atoms with Crippen molar-refractivity contribution in [1.82, 2.24) is 9.88 Å².